The molecular formula is C15H19N3O2S. The molecule has 2 N–H and O–H groups in total. The summed E-state index contributed by atoms with van der Waals surface area (Å²) in [5, 5.41) is 2.04. The lowest BCUT2D eigenvalue weighted by atomic mass is 10.1. The van der Waals surface area contributed by atoms with Crippen LogP contribution in [-0.2, 0) is 0 Å². The molecule has 1 heterocycles. The zero-order valence-corrected chi connectivity index (χ0v) is 13.2. The van der Waals surface area contributed by atoms with E-state index in [1.165, 1.54) is 0 Å². The van der Waals surface area contributed by atoms with Gasteiger partial charge in [0.05, 0.1) is 19.2 Å². The van der Waals surface area contributed by atoms with Gasteiger partial charge in [-0.1, -0.05) is 12.2 Å². The van der Waals surface area contributed by atoms with Gasteiger partial charge in [-0.25, -0.2) is 4.98 Å². The molecule has 0 spiro atoms. The lowest BCUT2D eigenvalue weighted by molar-refractivity contribution is 0.356. The van der Waals surface area contributed by atoms with Crippen LogP contribution in [0.3, 0.4) is 0 Å². The van der Waals surface area contributed by atoms with E-state index >= 15 is 0 Å². The Bertz CT molecular complexity index is 661. The monoisotopic (exact) mass is 305 g/mol. The molecule has 0 fully saturated rings. The van der Waals surface area contributed by atoms with E-state index in [4.69, 9.17) is 27.4 Å². The van der Waals surface area contributed by atoms with Gasteiger partial charge in [-0.2, -0.15) is 0 Å². The first-order valence-corrected chi connectivity index (χ1v) is 6.97. The highest BCUT2D eigenvalue weighted by atomic mass is 32.1. The van der Waals surface area contributed by atoms with Crippen LogP contribution in [0.5, 0.6) is 11.5 Å². The Morgan fingerprint density at radius 2 is 1.95 bits per heavy atom. The van der Waals surface area contributed by atoms with Crippen LogP contribution in [0.15, 0.2) is 24.4 Å². The van der Waals surface area contributed by atoms with Crippen LogP contribution in [0.4, 0.5) is 5.82 Å². The molecule has 0 aliphatic rings. The minimum atomic E-state index is 0.501. The number of hydrogen-bond acceptors (Lipinski definition) is 5. The van der Waals surface area contributed by atoms with E-state index in [0.29, 0.717) is 22.9 Å². The Hall–Kier alpha value is -2.08. The Labute approximate surface area is 129 Å². The van der Waals surface area contributed by atoms with Crippen molar-refractivity contribution in [2.24, 2.45) is 5.73 Å². The Morgan fingerprint density at radius 1 is 1.29 bits per heavy atom. The molecule has 0 bridgehead atoms. The highest BCUT2D eigenvalue weighted by Gasteiger charge is 2.12. The fraction of sp³-hybridized carbons (Fsp3) is 0.333. The van der Waals surface area contributed by atoms with E-state index in [0.717, 1.165) is 23.1 Å². The lowest BCUT2D eigenvalue weighted by Gasteiger charge is -2.20. The van der Waals surface area contributed by atoms with Gasteiger partial charge in [0.25, 0.3) is 0 Å². The normalized spacial score (nSPS) is 10.4. The maximum absolute atomic E-state index is 5.56. The summed E-state index contributed by atoms with van der Waals surface area (Å²) in [6, 6.07) is 5.83. The van der Waals surface area contributed by atoms with Crippen molar-refractivity contribution in [2.75, 3.05) is 32.7 Å². The molecule has 0 unspecified atom stereocenters. The van der Waals surface area contributed by atoms with Crippen LogP contribution in [0.2, 0.25) is 0 Å². The van der Waals surface area contributed by atoms with Gasteiger partial charge in [0.2, 0.25) is 0 Å². The number of pyridine rings is 1. The van der Waals surface area contributed by atoms with Gasteiger partial charge in [0.1, 0.15) is 5.82 Å². The lowest BCUT2D eigenvalue weighted by Crippen LogP contribution is -2.24. The zero-order chi connectivity index (χ0) is 15.4. The predicted molar refractivity (Wildman–Crippen MR) is 89.5 cm³/mol. The third-order valence-corrected chi connectivity index (χ3v) is 3.51. The number of ether oxygens (including phenoxy) is 2. The number of aromatic nitrogens is 1. The first-order chi connectivity index (χ1) is 10.1. The second-order valence-electron chi connectivity index (χ2n) is 4.70. The quantitative estimate of drug-likeness (QED) is 0.827. The topological polar surface area (TPSA) is 60.6 Å². The van der Waals surface area contributed by atoms with Crippen molar-refractivity contribution in [1.29, 1.82) is 0 Å². The summed E-state index contributed by atoms with van der Waals surface area (Å²) in [5.41, 5.74) is 5.56. The number of anilines is 1. The third-order valence-electron chi connectivity index (χ3n) is 3.30. The second-order valence-corrected chi connectivity index (χ2v) is 5.23. The second kappa shape index (κ2) is 6.58. The molecule has 0 atom stereocenters. The molecule has 0 radical (unpaired) electrons. The number of hydrogen-bond donors (Lipinski definition) is 1. The van der Waals surface area contributed by atoms with E-state index < -0.39 is 0 Å². The fourth-order valence-electron chi connectivity index (χ4n) is 2.17. The molecule has 21 heavy (non-hydrogen) atoms. The van der Waals surface area contributed by atoms with Crippen molar-refractivity contribution in [3.63, 3.8) is 0 Å². The predicted octanol–water partition coefficient (Wildman–Crippen LogP) is 2.36. The molecule has 1 aromatic heterocycles. The summed E-state index contributed by atoms with van der Waals surface area (Å²) in [6.07, 6.45) is 2.43. The van der Waals surface area contributed by atoms with E-state index in [9.17, 15) is 0 Å². The van der Waals surface area contributed by atoms with Gasteiger partial charge in [0.15, 0.2) is 11.5 Å². The summed E-state index contributed by atoms with van der Waals surface area (Å²) in [6.45, 7) is 0.718. The molecule has 112 valence electrons. The summed E-state index contributed by atoms with van der Waals surface area (Å²) in [5.74, 6) is 2.25. The summed E-state index contributed by atoms with van der Waals surface area (Å²) < 4.78 is 10.7. The number of rotatable bonds is 6. The summed E-state index contributed by atoms with van der Waals surface area (Å²) >= 11 is 4.93. The van der Waals surface area contributed by atoms with E-state index in [1.54, 1.807) is 20.4 Å². The molecule has 5 nitrogen and oxygen atoms in total. The van der Waals surface area contributed by atoms with Gasteiger partial charge in [-0.15, -0.1) is 0 Å². The van der Waals surface area contributed by atoms with Crippen molar-refractivity contribution in [3.8, 4) is 11.5 Å². The smallest absolute Gasteiger partial charge is 0.161 e. The SMILES string of the molecule is COc1cc2ccnc(N(C)CCC(N)=S)c2cc1OC. The molecule has 0 saturated carbocycles. The standard InChI is InChI=1S/C15H19N3O2S/c1-18(7-5-14(16)21)15-11-9-13(20-3)12(19-2)8-10(11)4-6-17-15/h4,6,8-9H,5,7H2,1-3H3,(H2,16,21). The maximum Gasteiger partial charge on any atom is 0.161 e. The van der Waals surface area contributed by atoms with Crippen LogP contribution in [0, 0.1) is 0 Å². The highest BCUT2D eigenvalue weighted by Crippen LogP contribution is 2.35. The molecule has 1 aromatic carbocycles. The fourth-order valence-corrected chi connectivity index (χ4v) is 2.26. The third kappa shape index (κ3) is 3.33. The van der Waals surface area contributed by atoms with Crippen LogP contribution >= 0.6 is 12.2 Å². The number of fused-ring (bicyclic) bond motifs is 1. The minimum absolute atomic E-state index is 0.501. The number of methoxy groups -OCH3 is 2. The Kier molecular flexibility index (Phi) is 4.80. The van der Waals surface area contributed by atoms with Crippen molar-refractivity contribution in [3.05, 3.63) is 24.4 Å². The van der Waals surface area contributed by atoms with Gasteiger partial charge in [-0.05, 0) is 23.6 Å². The largest absolute Gasteiger partial charge is 0.493 e. The van der Waals surface area contributed by atoms with E-state index in [-0.39, 0.29) is 0 Å². The number of thiocarbonyl (C=S) groups is 1. The van der Waals surface area contributed by atoms with Crippen LogP contribution in [0.1, 0.15) is 6.42 Å². The van der Waals surface area contributed by atoms with Gasteiger partial charge in [-0.3, -0.25) is 0 Å². The van der Waals surface area contributed by atoms with Gasteiger partial charge >= 0.3 is 0 Å². The Balaban J connectivity index is 2.46. The molecule has 6 heteroatoms. The zero-order valence-electron chi connectivity index (χ0n) is 12.4. The van der Waals surface area contributed by atoms with Crippen LogP contribution in [-0.4, -0.2) is 37.8 Å². The van der Waals surface area contributed by atoms with Crippen molar-refractivity contribution in [2.45, 2.75) is 6.42 Å². The first kappa shape index (κ1) is 15.3. The molecule has 0 aliphatic carbocycles. The van der Waals surface area contributed by atoms with Crippen molar-refractivity contribution >= 4 is 33.8 Å². The molecule has 0 aliphatic heterocycles. The molecule has 2 rings (SSSR count). The molecule has 0 saturated heterocycles. The first-order valence-electron chi connectivity index (χ1n) is 6.57. The van der Waals surface area contributed by atoms with Crippen molar-refractivity contribution < 1.29 is 9.47 Å². The average Bonchev–Trinajstić information content (AvgIpc) is 2.50. The molecular weight excluding hydrogens is 286 g/mol. The van der Waals surface area contributed by atoms with E-state index in [1.807, 2.05) is 30.1 Å². The van der Waals surface area contributed by atoms with Crippen molar-refractivity contribution in [1.82, 2.24) is 4.98 Å². The number of nitrogens with zero attached hydrogens (tertiary/aromatic N) is 2. The van der Waals surface area contributed by atoms with Crippen LogP contribution in [0.25, 0.3) is 10.8 Å². The highest BCUT2D eigenvalue weighted by molar-refractivity contribution is 7.80. The van der Waals surface area contributed by atoms with Gasteiger partial charge < -0.3 is 20.1 Å². The van der Waals surface area contributed by atoms with Crippen LogP contribution < -0.4 is 20.1 Å². The summed E-state index contributed by atoms with van der Waals surface area (Å²) in [4.78, 5) is 7.00. The number of nitrogens with two attached hydrogens (primary N) is 1. The molecule has 0 amide bonds. The Morgan fingerprint density at radius 3 is 2.57 bits per heavy atom. The minimum Gasteiger partial charge on any atom is -0.493 e. The average molecular weight is 305 g/mol. The molecule has 2 aromatic rings. The summed E-state index contributed by atoms with van der Waals surface area (Å²) in [7, 11) is 5.22. The van der Waals surface area contributed by atoms with E-state index in [2.05, 4.69) is 4.98 Å². The number of benzene rings is 1. The maximum atomic E-state index is 5.56. The van der Waals surface area contributed by atoms with Gasteiger partial charge in [0, 0.05) is 31.6 Å².